The predicted molar refractivity (Wildman–Crippen MR) is 111 cm³/mol. The zero-order valence-electron chi connectivity index (χ0n) is 16.0. The van der Waals surface area contributed by atoms with E-state index in [-0.39, 0.29) is 11.9 Å². The van der Waals surface area contributed by atoms with E-state index in [9.17, 15) is 4.39 Å². The number of amidine groups is 1. The molecule has 0 aliphatic heterocycles. The number of hydrogen-bond donors (Lipinski definition) is 2. The molecule has 3 rings (SSSR count). The molecule has 28 heavy (non-hydrogen) atoms. The van der Waals surface area contributed by atoms with Crippen molar-refractivity contribution in [3.05, 3.63) is 53.1 Å². The van der Waals surface area contributed by atoms with E-state index < -0.39 is 0 Å². The second kappa shape index (κ2) is 8.75. The van der Waals surface area contributed by atoms with Gasteiger partial charge in [-0.1, -0.05) is 0 Å². The van der Waals surface area contributed by atoms with Crippen LogP contribution in [-0.4, -0.2) is 34.9 Å². The molecule has 146 valence electrons. The molecular formula is C19H21FN6OS. The topological polar surface area (TPSA) is 84.3 Å². The van der Waals surface area contributed by atoms with Gasteiger partial charge in [-0.2, -0.15) is 4.98 Å². The molecule has 0 saturated heterocycles. The molecule has 9 heteroatoms. The van der Waals surface area contributed by atoms with Gasteiger partial charge >= 0.3 is 0 Å². The largest absolute Gasteiger partial charge is 0.501 e. The highest BCUT2D eigenvalue weighted by Crippen LogP contribution is 2.28. The summed E-state index contributed by atoms with van der Waals surface area (Å²) in [5, 5.41) is 9.30. The molecule has 0 spiro atoms. The summed E-state index contributed by atoms with van der Waals surface area (Å²) in [7, 11) is 3.29. The quantitative estimate of drug-likeness (QED) is 0.363. The molecule has 0 aromatic carbocycles. The number of thiophene rings is 1. The number of aliphatic imine (C=N–C) groups is 1. The van der Waals surface area contributed by atoms with Gasteiger partial charge in [0.1, 0.15) is 22.3 Å². The monoisotopic (exact) mass is 400 g/mol. The van der Waals surface area contributed by atoms with Crippen molar-refractivity contribution < 1.29 is 9.13 Å². The second-order valence-electron chi connectivity index (χ2n) is 6.00. The van der Waals surface area contributed by atoms with Gasteiger partial charge in [0.15, 0.2) is 0 Å². The van der Waals surface area contributed by atoms with Gasteiger partial charge in [0.25, 0.3) is 0 Å². The summed E-state index contributed by atoms with van der Waals surface area (Å²) in [4.78, 5) is 18.3. The lowest BCUT2D eigenvalue weighted by Gasteiger charge is -2.15. The van der Waals surface area contributed by atoms with E-state index >= 15 is 0 Å². The van der Waals surface area contributed by atoms with Crippen LogP contribution in [0.1, 0.15) is 25.6 Å². The van der Waals surface area contributed by atoms with E-state index in [2.05, 4.69) is 30.6 Å². The summed E-state index contributed by atoms with van der Waals surface area (Å²) >= 11 is 1.52. The Hall–Kier alpha value is -3.07. The minimum absolute atomic E-state index is 0.194. The lowest BCUT2D eigenvalue weighted by molar-refractivity contribution is 0.294. The molecule has 0 unspecified atom stereocenters. The van der Waals surface area contributed by atoms with E-state index in [0.29, 0.717) is 23.3 Å². The number of ether oxygens (including phenoxy) is 1. The lowest BCUT2D eigenvalue weighted by Crippen LogP contribution is -2.15. The number of pyridine rings is 1. The fourth-order valence-electron chi connectivity index (χ4n) is 2.46. The zero-order valence-corrected chi connectivity index (χ0v) is 16.8. The maximum Gasteiger partial charge on any atom is 0.226 e. The normalized spacial score (nSPS) is 13.5. The van der Waals surface area contributed by atoms with Crippen LogP contribution in [-0.2, 0) is 4.74 Å². The van der Waals surface area contributed by atoms with E-state index in [1.807, 2.05) is 25.3 Å². The molecule has 0 bridgehead atoms. The van der Waals surface area contributed by atoms with Crippen molar-refractivity contribution in [3.8, 4) is 0 Å². The van der Waals surface area contributed by atoms with Gasteiger partial charge in [-0.05, 0) is 37.4 Å². The first-order valence-corrected chi connectivity index (χ1v) is 9.47. The van der Waals surface area contributed by atoms with Gasteiger partial charge in [-0.25, -0.2) is 9.37 Å². The molecule has 0 aliphatic carbocycles. The van der Waals surface area contributed by atoms with Crippen LogP contribution in [0.3, 0.4) is 0 Å². The van der Waals surface area contributed by atoms with Crippen molar-refractivity contribution in [1.29, 1.82) is 0 Å². The Morgan fingerprint density at radius 2 is 2.14 bits per heavy atom. The van der Waals surface area contributed by atoms with Crippen molar-refractivity contribution in [2.24, 2.45) is 4.99 Å². The number of aromatic nitrogens is 3. The lowest BCUT2D eigenvalue weighted by atomic mass is 10.2. The van der Waals surface area contributed by atoms with Crippen LogP contribution in [0.4, 0.5) is 16.2 Å². The average Bonchev–Trinajstić information content (AvgIpc) is 3.16. The number of nitrogens with zero attached hydrogens (tertiary/aromatic N) is 4. The van der Waals surface area contributed by atoms with Crippen molar-refractivity contribution >= 4 is 39.2 Å². The molecule has 0 radical (unpaired) electrons. The number of nitrogens with one attached hydrogen (secondary N) is 2. The molecule has 0 fully saturated rings. The van der Waals surface area contributed by atoms with Crippen LogP contribution in [0.15, 0.2) is 46.6 Å². The molecule has 3 heterocycles. The van der Waals surface area contributed by atoms with Gasteiger partial charge in [-0.15, -0.1) is 11.3 Å². The van der Waals surface area contributed by atoms with Gasteiger partial charge < -0.3 is 15.4 Å². The third-order valence-electron chi connectivity index (χ3n) is 4.01. The molecule has 0 saturated carbocycles. The SMILES string of the molecule is CN=C(/C=C(\C)OC)Nc1nc(N[C@@H](C)c2ccc(F)cn2)nc2sccc12. The van der Waals surface area contributed by atoms with E-state index in [0.717, 1.165) is 16.0 Å². The highest BCUT2D eigenvalue weighted by atomic mass is 32.1. The number of fused-ring (bicyclic) bond motifs is 1. The minimum Gasteiger partial charge on any atom is -0.501 e. The van der Waals surface area contributed by atoms with E-state index in [4.69, 9.17) is 4.74 Å². The second-order valence-corrected chi connectivity index (χ2v) is 6.89. The summed E-state index contributed by atoms with van der Waals surface area (Å²) in [6, 6.07) is 4.78. The molecule has 2 N–H and O–H groups in total. The van der Waals surface area contributed by atoms with E-state index in [1.165, 1.54) is 23.6 Å². The highest BCUT2D eigenvalue weighted by molar-refractivity contribution is 7.16. The Morgan fingerprint density at radius 1 is 1.32 bits per heavy atom. The fraction of sp³-hybridized carbons (Fsp3) is 0.263. The van der Waals surface area contributed by atoms with Crippen molar-refractivity contribution in [3.63, 3.8) is 0 Å². The van der Waals surface area contributed by atoms with Crippen molar-refractivity contribution in [2.45, 2.75) is 19.9 Å². The average molecular weight is 400 g/mol. The van der Waals surface area contributed by atoms with Gasteiger partial charge in [0.05, 0.1) is 36.2 Å². The summed E-state index contributed by atoms with van der Waals surface area (Å²) in [5.41, 5.74) is 0.695. The highest BCUT2D eigenvalue weighted by Gasteiger charge is 2.14. The fourth-order valence-corrected chi connectivity index (χ4v) is 3.22. The van der Waals surface area contributed by atoms with Crippen LogP contribution < -0.4 is 10.6 Å². The number of rotatable bonds is 6. The number of halogens is 1. The number of anilines is 2. The Balaban J connectivity index is 1.89. The third kappa shape index (κ3) is 4.61. The summed E-state index contributed by atoms with van der Waals surface area (Å²) in [5.74, 6) is 2.04. The minimum atomic E-state index is -0.371. The maximum atomic E-state index is 13.1. The van der Waals surface area contributed by atoms with Crippen molar-refractivity contribution in [2.75, 3.05) is 24.8 Å². The summed E-state index contributed by atoms with van der Waals surface area (Å²) < 4.78 is 18.3. The maximum absolute atomic E-state index is 13.1. The van der Waals surface area contributed by atoms with Gasteiger partial charge in [0, 0.05) is 13.1 Å². The smallest absolute Gasteiger partial charge is 0.226 e. The Kier molecular flexibility index (Phi) is 6.15. The van der Waals surface area contributed by atoms with Crippen LogP contribution in [0.2, 0.25) is 0 Å². The Morgan fingerprint density at radius 3 is 2.82 bits per heavy atom. The molecule has 1 atom stereocenters. The van der Waals surface area contributed by atoms with E-state index in [1.54, 1.807) is 26.3 Å². The standard InChI is InChI=1S/C19H21FN6OS/c1-11(27-4)9-16(21-3)24-17-14-7-8-28-18(14)26-19(25-17)23-12(2)15-6-5-13(20)10-22-15/h5-10,12H,1-4H3,(H2,21,23,24,25,26)/b11-9+/t12-/m0/s1. The van der Waals surface area contributed by atoms with Crippen LogP contribution >= 0.6 is 11.3 Å². The first kappa shape index (κ1) is 19.7. The molecule has 0 aliphatic rings. The van der Waals surface area contributed by atoms with Crippen LogP contribution in [0.5, 0.6) is 0 Å². The van der Waals surface area contributed by atoms with Gasteiger partial charge in [-0.3, -0.25) is 9.98 Å². The number of methoxy groups -OCH3 is 1. The number of hydrogen-bond acceptors (Lipinski definition) is 7. The molecule has 7 nitrogen and oxygen atoms in total. The predicted octanol–water partition coefficient (Wildman–Crippen LogP) is 4.39. The molecule has 3 aromatic heterocycles. The molecule has 0 amide bonds. The number of allylic oxidation sites excluding steroid dienone is 1. The molecular weight excluding hydrogens is 379 g/mol. The Labute approximate surface area is 166 Å². The van der Waals surface area contributed by atoms with Crippen molar-refractivity contribution in [1.82, 2.24) is 15.0 Å². The third-order valence-corrected chi connectivity index (χ3v) is 4.82. The summed E-state index contributed by atoms with van der Waals surface area (Å²) in [6.45, 7) is 3.76. The van der Waals surface area contributed by atoms with Gasteiger partial charge in [0.2, 0.25) is 5.95 Å². The first-order valence-electron chi connectivity index (χ1n) is 8.59. The van der Waals surface area contributed by atoms with Crippen LogP contribution in [0.25, 0.3) is 10.2 Å². The zero-order chi connectivity index (χ0) is 20.1. The molecule has 3 aromatic rings. The first-order chi connectivity index (χ1) is 13.5. The van der Waals surface area contributed by atoms with Crippen LogP contribution in [0, 0.1) is 5.82 Å². The summed E-state index contributed by atoms with van der Waals surface area (Å²) in [6.07, 6.45) is 2.98. The Bertz CT molecular complexity index is 1010.